The fourth-order valence-corrected chi connectivity index (χ4v) is 5.74. The molecule has 2 heteroatoms. The summed E-state index contributed by atoms with van der Waals surface area (Å²) in [5.41, 5.74) is 3.40. The van der Waals surface area contributed by atoms with Gasteiger partial charge in [0.05, 0.1) is 13.2 Å². The molecule has 1 unspecified atom stereocenters. The first-order valence-corrected chi connectivity index (χ1v) is 8.38. The number of fused-ring (bicyclic) bond motifs is 3. The first kappa shape index (κ1) is 13.0. The number of hydrogen-bond donors (Lipinski definition) is 1. The van der Waals surface area contributed by atoms with Gasteiger partial charge in [0.1, 0.15) is 5.75 Å². The maximum absolute atomic E-state index is 10.6. The number of methoxy groups -OCH3 is 1. The molecule has 0 amide bonds. The van der Waals surface area contributed by atoms with Gasteiger partial charge < -0.3 is 9.84 Å². The van der Waals surface area contributed by atoms with E-state index in [0.717, 1.165) is 25.0 Å². The topological polar surface area (TPSA) is 29.5 Å². The fourth-order valence-electron chi connectivity index (χ4n) is 5.74. The molecule has 1 spiro atoms. The number of aliphatic hydroxyl groups excluding tert-OH is 1. The van der Waals surface area contributed by atoms with E-state index in [1.165, 1.54) is 28.3 Å². The Morgan fingerprint density at radius 1 is 1.23 bits per heavy atom. The van der Waals surface area contributed by atoms with Gasteiger partial charge in [-0.2, -0.15) is 0 Å². The SMILES string of the molecule is COc1ccc2c3c(ccc2c1)[C@]12C[C@H]1CC(O)[C@@]2(C)CC3. The van der Waals surface area contributed by atoms with Crippen molar-refractivity contribution in [3.63, 3.8) is 0 Å². The molecule has 0 aromatic heterocycles. The number of ether oxygens (including phenoxy) is 1. The Morgan fingerprint density at radius 3 is 2.91 bits per heavy atom. The molecule has 0 heterocycles. The summed E-state index contributed by atoms with van der Waals surface area (Å²) in [6.45, 7) is 2.33. The molecule has 2 aromatic rings. The molecule has 4 atom stereocenters. The van der Waals surface area contributed by atoms with Crippen LogP contribution in [0, 0.1) is 11.3 Å². The Kier molecular flexibility index (Phi) is 2.27. The zero-order chi connectivity index (χ0) is 15.1. The second-order valence-corrected chi connectivity index (χ2v) is 7.72. The Hall–Kier alpha value is -1.54. The van der Waals surface area contributed by atoms with Crippen molar-refractivity contribution < 1.29 is 9.84 Å². The summed E-state index contributed by atoms with van der Waals surface area (Å²) in [7, 11) is 1.72. The third kappa shape index (κ3) is 1.27. The fraction of sp³-hybridized carbons (Fsp3) is 0.500. The van der Waals surface area contributed by atoms with Crippen molar-refractivity contribution in [1.82, 2.24) is 0 Å². The molecule has 2 aromatic carbocycles. The molecule has 2 nitrogen and oxygen atoms in total. The molecular weight excluding hydrogens is 272 g/mol. The van der Waals surface area contributed by atoms with Gasteiger partial charge in [-0.25, -0.2) is 0 Å². The molecule has 0 aliphatic heterocycles. The lowest BCUT2D eigenvalue weighted by atomic mass is 9.61. The molecule has 2 saturated carbocycles. The quantitative estimate of drug-likeness (QED) is 0.866. The highest BCUT2D eigenvalue weighted by atomic mass is 16.5. The lowest BCUT2D eigenvalue weighted by Gasteiger charge is -2.43. The van der Waals surface area contributed by atoms with E-state index >= 15 is 0 Å². The standard InChI is InChI=1S/C20H22O2/c1-19-8-7-16-15-5-4-14(22-2)9-12(15)3-6-17(16)20(19)11-13(20)10-18(19)21/h3-6,9,13,18,21H,7-8,10-11H2,1-2H3/t13-,18?,19-,20+/m1/s1. The third-order valence-electron chi connectivity index (χ3n) is 7.08. The highest BCUT2D eigenvalue weighted by molar-refractivity contribution is 5.89. The van der Waals surface area contributed by atoms with Crippen molar-refractivity contribution in [2.24, 2.45) is 11.3 Å². The summed E-state index contributed by atoms with van der Waals surface area (Å²) < 4.78 is 5.36. The second-order valence-electron chi connectivity index (χ2n) is 7.72. The average molecular weight is 294 g/mol. The highest BCUT2D eigenvalue weighted by Crippen LogP contribution is 2.75. The van der Waals surface area contributed by atoms with Gasteiger partial charge in [0, 0.05) is 10.8 Å². The van der Waals surface area contributed by atoms with Gasteiger partial charge in [-0.1, -0.05) is 25.1 Å². The van der Waals surface area contributed by atoms with Crippen LogP contribution in [0.3, 0.4) is 0 Å². The maximum atomic E-state index is 10.6. The van der Waals surface area contributed by atoms with E-state index in [2.05, 4.69) is 37.3 Å². The molecule has 114 valence electrons. The Balaban J connectivity index is 1.75. The minimum absolute atomic E-state index is 0.0881. The van der Waals surface area contributed by atoms with Gasteiger partial charge in [0.15, 0.2) is 0 Å². The van der Waals surface area contributed by atoms with Crippen molar-refractivity contribution in [2.45, 2.75) is 44.1 Å². The molecule has 22 heavy (non-hydrogen) atoms. The van der Waals surface area contributed by atoms with Crippen LogP contribution < -0.4 is 4.74 Å². The van der Waals surface area contributed by atoms with E-state index in [1.807, 2.05) is 0 Å². The molecular formula is C20H22O2. The summed E-state index contributed by atoms with van der Waals surface area (Å²) in [4.78, 5) is 0. The molecule has 3 aliphatic carbocycles. The number of aliphatic hydroxyl groups is 1. The number of rotatable bonds is 1. The minimum atomic E-state index is -0.119. The largest absolute Gasteiger partial charge is 0.497 e. The smallest absolute Gasteiger partial charge is 0.119 e. The molecule has 0 bridgehead atoms. The summed E-state index contributed by atoms with van der Waals surface area (Å²) in [6, 6.07) is 11.0. The third-order valence-corrected chi connectivity index (χ3v) is 7.08. The number of hydrogen-bond acceptors (Lipinski definition) is 2. The van der Waals surface area contributed by atoms with E-state index in [9.17, 15) is 5.11 Å². The number of aryl methyl sites for hydroxylation is 1. The van der Waals surface area contributed by atoms with E-state index in [-0.39, 0.29) is 16.9 Å². The summed E-state index contributed by atoms with van der Waals surface area (Å²) in [5, 5.41) is 13.2. The molecule has 1 N–H and O–H groups in total. The highest BCUT2D eigenvalue weighted by Gasteiger charge is 2.73. The van der Waals surface area contributed by atoms with Gasteiger partial charge in [0.25, 0.3) is 0 Å². The second kappa shape index (κ2) is 3.86. The van der Waals surface area contributed by atoms with E-state index in [1.54, 1.807) is 7.11 Å². The predicted molar refractivity (Wildman–Crippen MR) is 87.3 cm³/mol. The van der Waals surface area contributed by atoms with E-state index < -0.39 is 0 Å². The van der Waals surface area contributed by atoms with Crippen LogP contribution in [0.2, 0.25) is 0 Å². The van der Waals surface area contributed by atoms with Crippen molar-refractivity contribution in [1.29, 1.82) is 0 Å². The summed E-state index contributed by atoms with van der Waals surface area (Å²) in [5.74, 6) is 1.62. The van der Waals surface area contributed by atoms with E-state index in [0.29, 0.717) is 5.92 Å². The van der Waals surface area contributed by atoms with E-state index in [4.69, 9.17) is 4.74 Å². The van der Waals surface area contributed by atoms with Crippen molar-refractivity contribution in [2.75, 3.05) is 7.11 Å². The summed E-state index contributed by atoms with van der Waals surface area (Å²) >= 11 is 0. The molecule has 5 rings (SSSR count). The van der Waals surface area contributed by atoms with Gasteiger partial charge in [-0.3, -0.25) is 0 Å². The van der Waals surface area contributed by atoms with Crippen molar-refractivity contribution in [3.8, 4) is 5.75 Å². The summed E-state index contributed by atoms with van der Waals surface area (Å²) in [6.07, 6.45) is 4.35. The van der Waals surface area contributed by atoms with Crippen LogP contribution in [0.1, 0.15) is 37.3 Å². The van der Waals surface area contributed by atoms with Crippen LogP contribution in [-0.2, 0) is 11.8 Å². The lowest BCUT2D eigenvalue weighted by Crippen LogP contribution is -2.42. The molecule has 2 fully saturated rings. The Labute approximate surface area is 131 Å². The van der Waals surface area contributed by atoms with Crippen molar-refractivity contribution >= 4 is 10.8 Å². The zero-order valence-electron chi connectivity index (χ0n) is 13.2. The van der Waals surface area contributed by atoms with Crippen LogP contribution >= 0.6 is 0 Å². The van der Waals surface area contributed by atoms with Gasteiger partial charge in [-0.15, -0.1) is 0 Å². The van der Waals surface area contributed by atoms with Gasteiger partial charge in [0.2, 0.25) is 0 Å². The van der Waals surface area contributed by atoms with Gasteiger partial charge >= 0.3 is 0 Å². The first-order valence-electron chi connectivity index (χ1n) is 8.38. The van der Waals surface area contributed by atoms with Gasteiger partial charge in [-0.05, 0) is 65.6 Å². The lowest BCUT2D eigenvalue weighted by molar-refractivity contribution is 0.0221. The van der Waals surface area contributed by atoms with Crippen LogP contribution in [0.4, 0.5) is 0 Å². The maximum Gasteiger partial charge on any atom is 0.119 e. The van der Waals surface area contributed by atoms with Crippen LogP contribution in [0.25, 0.3) is 10.8 Å². The molecule has 3 aliphatic rings. The zero-order valence-corrected chi connectivity index (χ0v) is 13.2. The molecule has 0 radical (unpaired) electrons. The number of benzene rings is 2. The van der Waals surface area contributed by atoms with Crippen LogP contribution in [0.5, 0.6) is 5.75 Å². The van der Waals surface area contributed by atoms with Crippen LogP contribution in [0.15, 0.2) is 30.3 Å². The monoisotopic (exact) mass is 294 g/mol. The van der Waals surface area contributed by atoms with Crippen LogP contribution in [-0.4, -0.2) is 18.3 Å². The first-order chi connectivity index (χ1) is 10.6. The normalized spacial score (nSPS) is 38.3. The Morgan fingerprint density at radius 2 is 2.09 bits per heavy atom. The average Bonchev–Trinajstić information content (AvgIpc) is 3.19. The minimum Gasteiger partial charge on any atom is -0.497 e. The predicted octanol–water partition coefficient (Wildman–Crippen LogP) is 3.82. The van der Waals surface area contributed by atoms with Crippen molar-refractivity contribution in [3.05, 3.63) is 41.5 Å². The molecule has 0 saturated heterocycles. The Bertz CT molecular complexity index is 796.